The molecule has 0 spiro atoms. The zero-order valence-electron chi connectivity index (χ0n) is 9.57. The van der Waals surface area contributed by atoms with Crippen LogP contribution in [0.25, 0.3) is 0 Å². The van der Waals surface area contributed by atoms with Gasteiger partial charge in [0.1, 0.15) is 17.7 Å². The fourth-order valence-corrected chi connectivity index (χ4v) is 1.20. The Hall–Kier alpha value is -1.36. The van der Waals surface area contributed by atoms with Gasteiger partial charge in [0.05, 0.1) is 6.61 Å². The lowest BCUT2D eigenvalue weighted by molar-refractivity contribution is 0.0888. The van der Waals surface area contributed by atoms with Gasteiger partial charge in [-0.1, -0.05) is 0 Å². The van der Waals surface area contributed by atoms with Crippen LogP contribution in [0.4, 0.5) is 5.82 Å². The molecule has 0 aliphatic carbocycles. The maximum Gasteiger partial charge on any atom is 0.219 e. The molecule has 1 heterocycles. The number of nitrogens with zero attached hydrogens (tertiary/aromatic N) is 2. The van der Waals surface area contributed by atoms with Crippen LogP contribution < -0.4 is 10.1 Å². The van der Waals surface area contributed by atoms with Gasteiger partial charge < -0.3 is 14.8 Å². The summed E-state index contributed by atoms with van der Waals surface area (Å²) in [4.78, 5) is 8.35. The maximum atomic E-state index is 5.56. The monoisotopic (exact) mass is 211 g/mol. The molecule has 1 N–H and O–H groups in total. The van der Waals surface area contributed by atoms with E-state index in [0.29, 0.717) is 18.3 Å². The van der Waals surface area contributed by atoms with Gasteiger partial charge in [-0.3, -0.25) is 0 Å². The molecule has 15 heavy (non-hydrogen) atoms. The Kier molecular flexibility index (Phi) is 4.30. The van der Waals surface area contributed by atoms with Crippen molar-refractivity contribution in [1.82, 2.24) is 9.97 Å². The van der Waals surface area contributed by atoms with Gasteiger partial charge in [-0.05, 0) is 13.8 Å². The second kappa shape index (κ2) is 5.50. The third-order valence-electron chi connectivity index (χ3n) is 1.79. The standard InChI is InChI=1S/C10H17N3O2/c1-7(6-14-4)15-10-5-9(11-3)12-8(2)13-10/h5,7H,6H2,1-4H3,(H,11,12,13). The topological polar surface area (TPSA) is 56.3 Å². The minimum Gasteiger partial charge on any atom is -0.472 e. The molecule has 84 valence electrons. The van der Waals surface area contributed by atoms with Gasteiger partial charge in [0, 0.05) is 20.2 Å². The number of ether oxygens (including phenoxy) is 2. The first-order valence-corrected chi connectivity index (χ1v) is 4.84. The van der Waals surface area contributed by atoms with Crippen LogP contribution in [0.1, 0.15) is 12.7 Å². The largest absolute Gasteiger partial charge is 0.472 e. The van der Waals surface area contributed by atoms with Crippen molar-refractivity contribution in [3.05, 3.63) is 11.9 Å². The highest BCUT2D eigenvalue weighted by Crippen LogP contribution is 2.14. The lowest BCUT2D eigenvalue weighted by atomic mass is 10.4. The molecule has 0 fully saturated rings. The fraction of sp³-hybridized carbons (Fsp3) is 0.600. The Morgan fingerprint density at radius 3 is 2.80 bits per heavy atom. The normalized spacial score (nSPS) is 12.3. The van der Waals surface area contributed by atoms with Crippen molar-refractivity contribution in [2.24, 2.45) is 0 Å². The molecule has 1 aromatic rings. The van der Waals surface area contributed by atoms with Gasteiger partial charge in [0.15, 0.2) is 0 Å². The number of rotatable bonds is 5. The van der Waals surface area contributed by atoms with Crippen molar-refractivity contribution in [1.29, 1.82) is 0 Å². The van der Waals surface area contributed by atoms with Gasteiger partial charge in [-0.25, -0.2) is 4.98 Å². The molecule has 5 nitrogen and oxygen atoms in total. The van der Waals surface area contributed by atoms with Crippen molar-refractivity contribution in [3.63, 3.8) is 0 Å². The van der Waals surface area contributed by atoms with Gasteiger partial charge in [0.2, 0.25) is 5.88 Å². The molecular formula is C10H17N3O2. The summed E-state index contributed by atoms with van der Waals surface area (Å²) in [6.45, 7) is 4.30. The van der Waals surface area contributed by atoms with Gasteiger partial charge in [-0.15, -0.1) is 0 Å². The number of nitrogens with one attached hydrogen (secondary N) is 1. The van der Waals surface area contributed by atoms with Crippen LogP contribution >= 0.6 is 0 Å². The molecule has 1 aromatic heterocycles. The van der Waals surface area contributed by atoms with Crippen molar-refractivity contribution in [3.8, 4) is 5.88 Å². The molecule has 1 atom stereocenters. The first kappa shape index (κ1) is 11.7. The average molecular weight is 211 g/mol. The number of aromatic nitrogens is 2. The van der Waals surface area contributed by atoms with E-state index in [0.717, 1.165) is 5.82 Å². The smallest absolute Gasteiger partial charge is 0.219 e. The van der Waals surface area contributed by atoms with Crippen LogP contribution in [0, 0.1) is 6.92 Å². The predicted octanol–water partition coefficient (Wildman–Crippen LogP) is 1.24. The minimum atomic E-state index is -0.0194. The Bertz CT molecular complexity index is 318. The highest BCUT2D eigenvalue weighted by Gasteiger charge is 2.06. The van der Waals surface area contributed by atoms with E-state index in [1.165, 1.54) is 0 Å². The van der Waals surface area contributed by atoms with E-state index in [-0.39, 0.29) is 6.10 Å². The van der Waals surface area contributed by atoms with E-state index >= 15 is 0 Å². The first-order chi connectivity index (χ1) is 7.15. The van der Waals surface area contributed by atoms with Crippen molar-refractivity contribution >= 4 is 5.82 Å². The summed E-state index contributed by atoms with van der Waals surface area (Å²) in [6, 6.07) is 1.76. The summed E-state index contributed by atoms with van der Waals surface area (Å²) in [5.74, 6) is 2.00. The van der Waals surface area contributed by atoms with Crippen LogP contribution in [-0.4, -0.2) is 36.8 Å². The van der Waals surface area contributed by atoms with E-state index in [1.807, 2.05) is 20.9 Å². The average Bonchev–Trinajstić information content (AvgIpc) is 2.17. The summed E-state index contributed by atoms with van der Waals surface area (Å²) in [6.07, 6.45) is -0.0194. The number of hydrogen-bond acceptors (Lipinski definition) is 5. The quantitative estimate of drug-likeness (QED) is 0.794. The lowest BCUT2D eigenvalue weighted by Gasteiger charge is -2.13. The van der Waals surface area contributed by atoms with Crippen molar-refractivity contribution in [2.75, 3.05) is 26.1 Å². The first-order valence-electron chi connectivity index (χ1n) is 4.84. The molecule has 0 aromatic carbocycles. The minimum absolute atomic E-state index is 0.0194. The molecular weight excluding hydrogens is 194 g/mol. The van der Waals surface area contributed by atoms with E-state index in [1.54, 1.807) is 13.2 Å². The molecule has 0 amide bonds. The Morgan fingerprint density at radius 1 is 1.47 bits per heavy atom. The van der Waals surface area contributed by atoms with E-state index in [2.05, 4.69) is 15.3 Å². The molecule has 0 radical (unpaired) electrons. The van der Waals surface area contributed by atoms with Crippen molar-refractivity contribution < 1.29 is 9.47 Å². The third kappa shape index (κ3) is 3.71. The summed E-state index contributed by atoms with van der Waals surface area (Å²) in [5.41, 5.74) is 0. The van der Waals surface area contributed by atoms with Gasteiger partial charge in [-0.2, -0.15) is 4.98 Å². The Balaban J connectivity index is 2.71. The second-order valence-electron chi connectivity index (χ2n) is 3.27. The van der Waals surface area contributed by atoms with Crippen LogP contribution in [0.15, 0.2) is 6.07 Å². The van der Waals surface area contributed by atoms with Crippen LogP contribution in [0.5, 0.6) is 5.88 Å². The van der Waals surface area contributed by atoms with Crippen LogP contribution in [0.3, 0.4) is 0 Å². The molecule has 0 saturated heterocycles. The summed E-state index contributed by atoms with van der Waals surface area (Å²) in [5, 5.41) is 2.95. The zero-order valence-corrected chi connectivity index (χ0v) is 9.57. The predicted molar refractivity (Wildman–Crippen MR) is 58.3 cm³/mol. The van der Waals surface area contributed by atoms with Crippen LogP contribution in [0.2, 0.25) is 0 Å². The molecule has 1 unspecified atom stereocenters. The highest BCUT2D eigenvalue weighted by atomic mass is 16.5. The molecule has 0 bridgehead atoms. The van der Waals surface area contributed by atoms with E-state index in [4.69, 9.17) is 9.47 Å². The summed E-state index contributed by atoms with van der Waals surface area (Å²) < 4.78 is 10.5. The maximum absolute atomic E-state index is 5.56. The molecule has 5 heteroatoms. The summed E-state index contributed by atoms with van der Waals surface area (Å²) >= 11 is 0. The zero-order chi connectivity index (χ0) is 11.3. The van der Waals surface area contributed by atoms with Crippen molar-refractivity contribution in [2.45, 2.75) is 20.0 Å². The molecule has 0 aliphatic heterocycles. The number of hydrogen-bond donors (Lipinski definition) is 1. The highest BCUT2D eigenvalue weighted by molar-refractivity contribution is 5.37. The Labute approximate surface area is 89.8 Å². The van der Waals surface area contributed by atoms with Crippen LogP contribution in [-0.2, 0) is 4.74 Å². The fourth-order valence-electron chi connectivity index (χ4n) is 1.20. The van der Waals surface area contributed by atoms with E-state index < -0.39 is 0 Å². The Morgan fingerprint density at radius 2 is 2.20 bits per heavy atom. The molecule has 1 rings (SSSR count). The molecule has 0 saturated carbocycles. The SMILES string of the molecule is CNc1cc(OC(C)COC)nc(C)n1. The number of aryl methyl sites for hydroxylation is 1. The number of anilines is 1. The van der Waals surface area contributed by atoms with Gasteiger partial charge >= 0.3 is 0 Å². The third-order valence-corrected chi connectivity index (χ3v) is 1.79. The number of methoxy groups -OCH3 is 1. The lowest BCUT2D eigenvalue weighted by Crippen LogP contribution is -2.19. The second-order valence-corrected chi connectivity index (χ2v) is 3.27. The van der Waals surface area contributed by atoms with E-state index in [9.17, 15) is 0 Å². The molecule has 0 aliphatic rings. The van der Waals surface area contributed by atoms with Gasteiger partial charge in [0.25, 0.3) is 0 Å². The summed E-state index contributed by atoms with van der Waals surface area (Å²) in [7, 11) is 3.45.